The molecule has 0 aliphatic rings. The molecule has 3 aromatic carbocycles. The zero-order valence-corrected chi connectivity index (χ0v) is 23.1. The van der Waals surface area contributed by atoms with Crippen LogP contribution in [0.2, 0.25) is 0 Å². The normalized spacial score (nSPS) is 14.3. The topological polar surface area (TPSA) is 13.7 Å². The predicted molar refractivity (Wildman–Crippen MR) is 144 cm³/mol. The van der Waals surface area contributed by atoms with Gasteiger partial charge in [0.1, 0.15) is 24.4 Å². The maximum absolute atomic E-state index is 7.01. The summed E-state index contributed by atoms with van der Waals surface area (Å²) in [4.78, 5) is 1.55. The van der Waals surface area contributed by atoms with Gasteiger partial charge in [-0.15, -0.1) is 0 Å². The van der Waals surface area contributed by atoms with Crippen LogP contribution < -0.4 is 22.0 Å². The lowest BCUT2D eigenvalue weighted by Crippen LogP contribution is -3.14. The highest BCUT2D eigenvalue weighted by atomic mass is 35.5. The molecule has 0 saturated heterocycles. The summed E-state index contributed by atoms with van der Waals surface area (Å²) in [5.74, 6) is 2.06. The van der Waals surface area contributed by atoms with Crippen LogP contribution in [0.15, 0.2) is 91.0 Å². The third-order valence-electron chi connectivity index (χ3n) is 6.88. The molecule has 0 radical (unpaired) electrons. The monoisotopic (exact) mass is 493 g/mol. The number of hydrogen-bond acceptors (Lipinski definition) is 1. The Morgan fingerprint density at radius 1 is 0.600 bits per heavy atom. The van der Waals surface area contributed by atoms with Gasteiger partial charge in [-0.1, -0.05) is 107 Å². The average Bonchev–Trinajstić information content (AvgIpc) is 2.82. The number of quaternary nitrogens is 1. The Balaban J connectivity index is 0.00000432. The van der Waals surface area contributed by atoms with Crippen molar-refractivity contribution >= 4 is 0 Å². The van der Waals surface area contributed by atoms with Crippen LogP contribution in [-0.2, 0) is 0 Å². The second-order valence-electron chi connectivity index (χ2n) is 10.8. The van der Waals surface area contributed by atoms with Crippen molar-refractivity contribution in [3.8, 4) is 5.75 Å². The second kappa shape index (κ2) is 13.7. The summed E-state index contributed by atoms with van der Waals surface area (Å²) in [6.07, 6.45) is 2.07. The molecular weight excluding hydrogens is 450 g/mol. The third-order valence-corrected chi connectivity index (χ3v) is 6.88. The van der Waals surface area contributed by atoms with E-state index < -0.39 is 0 Å². The van der Waals surface area contributed by atoms with E-state index in [0.717, 1.165) is 25.1 Å². The maximum Gasteiger partial charge on any atom is 0.158 e. The molecule has 0 saturated carbocycles. The molecule has 2 atom stereocenters. The van der Waals surface area contributed by atoms with Gasteiger partial charge in [-0.3, -0.25) is 0 Å². The zero-order valence-electron chi connectivity index (χ0n) is 22.4. The lowest BCUT2D eigenvalue weighted by atomic mass is 9.83. The fraction of sp³-hybridized carbons (Fsp3) is 0.438. The van der Waals surface area contributed by atoms with Crippen molar-refractivity contribution in [2.24, 2.45) is 11.8 Å². The molecular formula is C32H44ClNO. The fourth-order valence-corrected chi connectivity index (χ4v) is 5.54. The van der Waals surface area contributed by atoms with Crippen molar-refractivity contribution in [1.29, 1.82) is 0 Å². The lowest BCUT2D eigenvalue weighted by molar-refractivity contribution is -0.963. The summed E-state index contributed by atoms with van der Waals surface area (Å²) in [6.45, 7) is 15.0. The molecule has 0 spiro atoms. The van der Waals surface area contributed by atoms with Gasteiger partial charge in [-0.2, -0.15) is 0 Å². The first kappa shape index (κ1) is 28.9. The lowest BCUT2D eigenvalue weighted by Gasteiger charge is -2.43. The number of halogens is 1. The Morgan fingerprint density at radius 2 is 0.971 bits per heavy atom. The molecule has 0 heterocycles. The Bertz CT molecular complexity index is 903. The van der Waals surface area contributed by atoms with Gasteiger partial charge in [0.2, 0.25) is 0 Å². The second-order valence-corrected chi connectivity index (χ2v) is 10.8. The Hall–Kier alpha value is -2.29. The van der Waals surface area contributed by atoms with Gasteiger partial charge >= 0.3 is 0 Å². The highest BCUT2D eigenvalue weighted by molar-refractivity contribution is 5.23. The van der Waals surface area contributed by atoms with Crippen molar-refractivity contribution < 1.29 is 22.0 Å². The molecule has 0 aliphatic carbocycles. The van der Waals surface area contributed by atoms with Crippen LogP contribution in [0, 0.1) is 11.8 Å². The summed E-state index contributed by atoms with van der Waals surface area (Å²) in [6, 6.07) is 33.1. The first-order valence-electron chi connectivity index (χ1n) is 13.0. The number of rotatable bonds is 12. The zero-order chi connectivity index (χ0) is 24.6. The van der Waals surface area contributed by atoms with Gasteiger partial charge in [0.05, 0.1) is 0 Å². The predicted octanol–water partition coefficient (Wildman–Crippen LogP) is 4.31. The number of nitrogens with one attached hydrogen (secondary N) is 1. The van der Waals surface area contributed by atoms with Crippen LogP contribution in [0.1, 0.15) is 77.6 Å². The molecule has 0 aliphatic heterocycles. The van der Waals surface area contributed by atoms with Crippen LogP contribution in [0.25, 0.3) is 0 Å². The van der Waals surface area contributed by atoms with E-state index in [2.05, 4.69) is 133 Å². The summed E-state index contributed by atoms with van der Waals surface area (Å²) < 4.78 is 7.01. The van der Waals surface area contributed by atoms with E-state index in [9.17, 15) is 0 Å². The first-order chi connectivity index (χ1) is 16.3. The molecule has 3 heteroatoms. The minimum Gasteiger partial charge on any atom is -1.00 e. The highest BCUT2D eigenvalue weighted by Gasteiger charge is 2.42. The summed E-state index contributed by atoms with van der Waals surface area (Å²) in [5.41, 5.74) is 2.51. The van der Waals surface area contributed by atoms with E-state index in [-0.39, 0.29) is 18.0 Å². The van der Waals surface area contributed by atoms with Crippen molar-refractivity contribution in [1.82, 2.24) is 0 Å². The molecule has 0 amide bonds. The molecule has 2 nitrogen and oxygen atoms in total. The molecule has 3 aromatic rings. The van der Waals surface area contributed by atoms with Crippen molar-refractivity contribution in [2.75, 3.05) is 6.54 Å². The average molecular weight is 494 g/mol. The van der Waals surface area contributed by atoms with E-state index in [4.69, 9.17) is 4.74 Å². The standard InChI is InChI=1S/C32H43NO.ClH/c1-25(2)22-32(23-26(3)4,34-31-20-14-9-15-21-31)24-33(27(5)29-16-10-7-11-17-29)28(6)30-18-12-8-13-19-30;/h7-21,25-28H,22-24H2,1-6H3;1H. The molecule has 0 fully saturated rings. The van der Waals surface area contributed by atoms with Crippen LogP contribution in [0.4, 0.5) is 0 Å². The van der Waals surface area contributed by atoms with Gasteiger partial charge < -0.3 is 22.0 Å². The molecule has 190 valence electrons. The SMILES string of the molecule is CC(C)CC(CC(C)C)(C[NH+](C(C)c1ccccc1)C(C)c1ccccc1)Oc1ccccc1.[Cl-]. The minimum atomic E-state index is -0.245. The van der Waals surface area contributed by atoms with Crippen molar-refractivity contribution in [3.63, 3.8) is 0 Å². The van der Waals surface area contributed by atoms with Gasteiger partial charge in [0.25, 0.3) is 0 Å². The number of para-hydroxylation sites is 1. The van der Waals surface area contributed by atoms with Gasteiger partial charge in [0.15, 0.2) is 5.60 Å². The largest absolute Gasteiger partial charge is 1.00 e. The fourth-order valence-electron chi connectivity index (χ4n) is 5.54. The maximum atomic E-state index is 7.01. The molecule has 0 bridgehead atoms. The van der Waals surface area contributed by atoms with Crippen molar-refractivity contribution in [2.45, 2.75) is 72.1 Å². The van der Waals surface area contributed by atoms with Gasteiger partial charge in [-0.25, -0.2) is 0 Å². The Labute approximate surface area is 220 Å². The highest BCUT2D eigenvalue weighted by Crippen LogP contribution is 2.31. The number of hydrogen-bond donors (Lipinski definition) is 1. The molecule has 2 unspecified atom stereocenters. The van der Waals surface area contributed by atoms with Gasteiger partial charge in [0, 0.05) is 11.1 Å². The van der Waals surface area contributed by atoms with E-state index in [1.165, 1.54) is 11.1 Å². The van der Waals surface area contributed by atoms with E-state index >= 15 is 0 Å². The summed E-state index contributed by atoms with van der Waals surface area (Å²) in [7, 11) is 0. The minimum absolute atomic E-state index is 0. The van der Waals surface area contributed by atoms with Crippen LogP contribution in [-0.4, -0.2) is 12.1 Å². The quantitative estimate of drug-likeness (QED) is 0.397. The Morgan fingerprint density at radius 3 is 1.34 bits per heavy atom. The van der Waals surface area contributed by atoms with Crippen LogP contribution in [0.3, 0.4) is 0 Å². The first-order valence-corrected chi connectivity index (χ1v) is 13.0. The number of benzene rings is 3. The van der Waals surface area contributed by atoms with Crippen molar-refractivity contribution in [3.05, 3.63) is 102 Å². The number of ether oxygens (including phenoxy) is 1. The smallest absolute Gasteiger partial charge is 0.158 e. The van der Waals surface area contributed by atoms with Gasteiger partial charge in [-0.05, 0) is 50.7 Å². The van der Waals surface area contributed by atoms with Crippen LogP contribution in [0.5, 0.6) is 5.75 Å². The third kappa shape index (κ3) is 8.40. The van der Waals surface area contributed by atoms with E-state index in [0.29, 0.717) is 23.9 Å². The summed E-state index contributed by atoms with van der Waals surface area (Å²) in [5, 5.41) is 0. The molecule has 1 N–H and O–H groups in total. The molecule has 3 rings (SSSR count). The molecule has 0 aromatic heterocycles. The Kier molecular flexibility index (Phi) is 11.3. The van der Waals surface area contributed by atoms with E-state index in [1.807, 2.05) is 0 Å². The molecule has 35 heavy (non-hydrogen) atoms. The van der Waals surface area contributed by atoms with Crippen LogP contribution >= 0.6 is 0 Å². The summed E-state index contributed by atoms with van der Waals surface area (Å²) >= 11 is 0. The van der Waals surface area contributed by atoms with E-state index in [1.54, 1.807) is 4.90 Å².